The second-order valence-corrected chi connectivity index (χ2v) is 6.39. The molecule has 2 aromatic rings. The second kappa shape index (κ2) is 6.11. The van der Waals surface area contributed by atoms with Crippen molar-refractivity contribution in [3.63, 3.8) is 0 Å². The molecule has 1 unspecified atom stereocenters. The van der Waals surface area contributed by atoms with E-state index in [9.17, 15) is 9.59 Å². The van der Waals surface area contributed by atoms with Crippen molar-refractivity contribution in [1.29, 1.82) is 0 Å². The predicted molar refractivity (Wildman–Crippen MR) is 91.3 cm³/mol. The van der Waals surface area contributed by atoms with Crippen LogP contribution in [0.3, 0.4) is 0 Å². The van der Waals surface area contributed by atoms with Gasteiger partial charge in [-0.1, -0.05) is 6.07 Å². The molecule has 1 aliphatic heterocycles. The molecule has 0 aliphatic carbocycles. The molecule has 24 heavy (non-hydrogen) atoms. The number of carbonyl (C=O) groups is 2. The predicted octanol–water partition coefficient (Wildman–Crippen LogP) is 1.76. The van der Waals surface area contributed by atoms with Crippen molar-refractivity contribution in [2.24, 2.45) is 0 Å². The smallest absolute Gasteiger partial charge is 0.275 e. The highest BCUT2D eigenvalue weighted by molar-refractivity contribution is 5.96. The number of aromatic nitrogens is 2. The number of hydrogen-bond acceptors (Lipinski definition) is 3. The number of carbonyl (C=O) groups excluding carboxylic acids is 2. The third kappa shape index (κ3) is 2.91. The second-order valence-electron chi connectivity index (χ2n) is 6.39. The van der Waals surface area contributed by atoms with E-state index < -0.39 is 6.04 Å². The Balaban J connectivity index is 1.93. The van der Waals surface area contributed by atoms with Crippen molar-refractivity contribution in [1.82, 2.24) is 20.0 Å². The summed E-state index contributed by atoms with van der Waals surface area (Å²) in [5.41, 5.74) is 4.49. The minimum absolute atomic E-state index is 0.125. The summed E-state index contributed by atoms with van der Waals surface area (Å²) in [7, 11) is 0. The Morgan fingerprint density at radius 1 is 1.17 bits per heavy atom. The molecule has 3 rings (SSSR count). The summed E-state index contributed by atoms with van der Waals surface area (Å²) in [6, 6.07) is 7.48. The van der Waals surface area contributed by atoms with Crippen molar-refractivity contribution in [2.75, 3.05) is 13.1 Å². The zero-order valence-electron chi connectivity index (χ0n) is 14.5. The van der Waals surface area contributed by atoms with Gasteiger partial charge in [-0.05, 0) is 57.0 Å². The largest absolute Gasteiger partial charge is 0.353 e. The van der Waals surface area contributed by atoms with Gasteiger partial charge in [-0.3, -0.25) is 9.59 Å². The van der Waals surface area contributed by atoms with Crippen LogP contribution in [0.25, 0.3) is 5.69 Å². The maximum Gasteiger partial charge on any atom is 0.275 e. The Labute approximate surface area is 141 Å². The number of amides is 2. The molecule has 6 nitrogen and oxygen atoms in total. The fourth-order valence-electron chi connectivity index (χ4n) is 3.12. The molecule has 0 bridgehead atoms. The number of aryl methyl sites for hydroxylation is 3. The summed E-state index contributed by atoms with van der Waals surface area (Å²) >= 11 is 0. The Morgan fingerprint density at radius 3 is 2.50 bits per heavy atom. The quantitative estimate of drug-likeness (QED) is 0.914. The van der Waals surface area contributed by atoms with E-state index in [2.05, 4.69) is 16.5 Å². The van der Waals surface area contributed by atoms with E-state index in [1.54, 1.807) is 22.6 Å². The minimum Gasteiger partial charge on any atom is -0.353 e. The number of benzene rings is 1. The lowest BCUT2D eigenvalue weighted by Crippen LogP contribution is -2.55. The first-order chi connectivity index (χ1) is 11.4. The van der Waals surface area contributed by atoms with E-state index in [-0.39, 0.29) is 11.8 Å². The van der Waals surface area contributed by atoms with Crippen molar-refractivity contribution in [3.8, 4) is 5.69 Å². The average Bonchev–Trinajstić information content (AvgIpc) is 2.90. The molecule has 1 aromatic heterocycles. The Morgan fingerprint density at radius 2 is 1.83 bits per heavy atom. The Kier molecular flexibility index (Phi) is 4.13. The highest BCUT2D eigenvalue weighted by Gasteiger charge is 2.31. The minimum atomic E-state index is -0.474. The lowest BCUT2D eigenvalue weighted by Gasteiger charge is -2.32. The Hall–Kier alpha value is -2.63. The topological polar surface area (TPSA) is 67.2 Å². The van der Waals surface area contributed by atoms with Gasteiger partial charge < -0.3 is 10.2 Å². The van der Waals surface area contributed by atoms with Crippen molar-refractivity contribution < 1.29 is 9.59 Å². The van der Waals surface area contributed by atoms with Gasteiger partial charge in [0.15, 0.2) is 5.69 Å². The summed E-state index contributed by atoms with van der Waals surface area (Å²) in [5, 5.41) is 7.26. The van der Waals surface area contributed by atoms with E-state index in [1.807, 2.05) is 32.9 Å². The number of nitrogens with one attached hydrogen (secondary N) is 1. The van der Waals surface area contributed by atoms with Gasteiger partial charge in [0.05, 0.1) is 5.69 Å². The van der Waals surface area contributed by atoms with Crippen LogP contribution in [-0.2, 0) is 4.79 Å². The Bertz CT molecular complexity index is 789. The van der Waals surface area contributed by atoms with Crippen LogP contribution in [0.4, 0.5) is 0 Å². The van der Waals surface area contributed by atoms with Crippen LogP contribution in [-0.4, -0.2) is 45.6 Å². The number of hydrogen-bond donors (Lipinski definition) is 1. The molecule has 0 saturated carbocycles. The molecule has 126 valence electrons. The highest BCUT2D eigenvalue weighted by Crippen LogP contribution is 2.18. The summed E-state index contributed by atoms with van der Waals surface area (Å²) in [6.07, 6.45) is 0. The maximum atomic E-state index is 12.8. The third-order valence-electron chi connectivity index (χ3n) is 4.32. The van der Waals surface area contributed by atoms with Crippen molar-refractivity contribution in [2.45, 2.75) is 33.7 Å². The van der Waals surface area contributed by atoms with E-state index >= 15 is 0 Å². The summed E-state index contributed by atoms with van der Waals surface area (Å²) < 4.78 is 1.78. The summed E-state index contributed by atoms with van der Waals surface area (Å²) in [5.74, 6) is -0.330. The first-order valence-corrected chi connectivity index (χ1v) is 8.11. The lowest BCUT2D eigenvalue weighted by molar-refractivity contribution is -0.127. The third-order valence-corrected chi connectivity index (χ3v) is 4.32. The maximum absolute atomic E-state index is 12.8. The molecule has 1 aliphatic rings. The monoisotopic (exact) mass is 326 g/mol. The van der Waals surface area contributed by atoms with E-state index in [1.165, 1.54) is 0 Å². The molecule has 6 heteroatoms. The van der Waals surface area contributed by atoms with E-state index in [4.69, 9.17) is 0 Å². The lowest BCUT2D eigenvalue weighted by atomic mass is 10.1. The zero-order valence-corrected chi connectivity index (χ0v) is 14.5. The van der Waals surface area contributed by atoms with Crippen molar-refractivity contribution >= 4 is 11.8 Å². The zero-order chi connectivity index (χ0) is 17.4. The molecule has 2 heterocycles. The first kappa shape index (κ1) is 16.2. The fourth-order valence-corrected chi connectivity index (χ4v) is 3.12. The fraction of sp³-hybridized carbons (Fsp3) is 0.389. The van der Waals surface area contributed by atoms with Gasteiger partial charge in [-0.25, -0.2) is 4.68 Å². The van der Waals surface area contributed by atoms with Crippen LogP contribution in [0.15, 0.2) is 24.3 Å². The summed E-state index contributed by atoms with van der Waals surface area (Å²) in [4.78, 5) is 26.1. The standard InChI is InChI=1S/C18H22N4O2/c1-11-7-12(2)9-15(8-11)22-13(3)10-16(20-22)18(24)21-6-5-19-17(23)14(21)4/h7-10,14H,5-6H2,1-4H3,(H,19,23). The van der Waals surface area contributed by atoms with Crippen LogP contribution in [0, 0.1) is 20.8 Å². The van der Waals surface area contributed by atoms with Crippen LogP contribution in [0.1, 0.15) is 34.2 Å². The molecular formula is C18H22N4O2. The van der Waals surface area contributed by atoms with Gasteiger partial charge in [0.1, 0.15) is 6.04 Å². The molecule has 1 fully saturated rings. The highest BCUT2D eigenvalue weighted by atomic mass is 16.2. The van der Waals surface area contributed by atoms with Gasteiger partial charge in [0.2, 0.25) is 5.91 Å². The van der Waals surface area contributed by atoms with E-state index in [0.29, 0.717) is 18.8 Å². The van der Waals surface area contributed by atoms with Crippen LogP contribution < -0.4 is 5.32 Å². The van der Waals surface area contributed by atoms with Gasteiger partial charge in [0.25, 0.3) is 5.91 Å². The number of nitrogens with zero attached hydrogens (tertiary/aromatic N) is 3. The van der Waals surface area contributed by atoms with Crippen molar-refractivity contribution in [3.05, 3.63) is 46.8 Å². The first-order valence-electron chi connectivity index (χ1n) is 8.11. The average molecular weight is 326 g/mol. The molecule has 1 aromatic carbocycles. The van der Waals surface area contributed by atoms with Crippen LogP contribution in [0.2, 0.25) is 0 Å². The molecular weight excluding hydrogens is 304 g/mol. The molecule has 0 radical (unpaired) electrons. The number of rotatable bonds is 2. The van der Waals surface area contributed by atoms with Crippen LogP contribution >= 0.6 is 0 Å². The van der Waals surface area contributed by atoms with Gasteiger partial charge >= 0.3 is 0 Å². The molecule has 1 N–H and O–H groups in total. The SMILES string of the molecule is Cc1cc(C)cc(-n2nc(C(=O)N3CCNC(=O)C3C)cc2C)c1. The molecule has 0 spiro atoms. The normalized spacial score (nSPS) is 17.8. The van der Waals surface area contributed by atoms with Gasteiger partial charge in [0, 0.05) is 18.8 Å². The van der Waals surface area contributed by atoms with Gasteiger partial charge in [-0.15, -0.1) is 0 Å². The van der Waals surface area contributed by atoms with Gasteiger partial charge in [-0.2, -0.15) is 5.10 Å². The molecule has 1 atom stereocenters. The number of piperazine rings is 1. The summed E-state index contributed by atoms with van der Waals surface area (Å²) in [6.45, 7) is 8.71. The molecule has 1 saturated heterocycles. The van der Waals surface area contributed by atoms with E-state index in [0.717, 1.165) is 22.5 Å². The van der Waals surface area contributed by atoms with Crippen LogP contribution in [0.5, 0.6) is 0 Å². The molecule has 2 amide bonds.